The lowest BCUT2D eigenvalue weighted by atomic mass is 10.3. The van der Waals surface area contributed by atoms with Gasteiger partial charge in [0, 0.05) is 5.39 Å². The molecule has 1 N–H and O–H groups in total. The summed E-state index contributed by atoms with van der Waals surface area (Å²) in [5, 5.41) is 3.91. The van der Waals surface area contributed by atoms with Gasteiger partial charge in [0.15, 0.2) is 5.65 Å². The number of anilines is 1. The summed E-state index contributed by atoms with van der Waals surface area (Å²) in [7, 11) is 0. The van der Waals surface area contributed by atoms with Gasteiger partial charge in [-0.15, -0.1) is 11.3 Å². The first-order valence-electron chi connectivity index (χ1n) is 5.62. The third-order valence-electron chi connectivity index (χ3n) is 2.56. The fourth-order valence-corrected chi connectivity index (χ4v) is 2.74. The van der Waals surface area contributed by atoms with Gasteiger partial charge in [-0.1, -0.05) is 23.2 Å². The number of nitrogens with one attached hydrogen (secondary N) is 1. The Balaban J connectivity index is 1.89. The number of carbonyl (C=O) groups excluding carboxylic acids is 1. The van der Waals surface area contributed by atoms with Gasteiger partial charge in [-0.05, 0) is 36.4 Å². The number of amides is 1. The van der Waals surface area contributed by atoms with Crippen LogP contribution in [0.1, 0.15) is 9.67 Å². The molecule has 3 heterocycles. The van der Waals surface area contributed by atoms with E-state index >= 15 is 0 Å². The van der Waals surface area contributed by atoms with Crippen LogP contribution in [0.3, 0.4) is 0 Å². The Hall–Kier alpha value is -1.69. The Bertz CT molecular complexity index is 803. The predicted molar refractivity (Wildman–Crippen MR) is 81.8 cm³/mol. The maximum absolute atomic E-state index is 12.0. The maximum Gasteiger partial charge on any atom is 0.266 e. The van der Waals surface area contributed by atoms with Crippen molar-refractivity contribution in [3.63, 3.8) is 0 Å². The number of pyridine rings is 2. The first-order valence-corrected chi connectivity index (χ1v) is 7.19. The van der Waals surface area contributed by atoms with Crippen molar-refractivity contribution in [2.75, 3.05) is 5.32 Å². The monoisotopic (exact) mass is 323 g/mol. The minimum absolute atomic E-state index is 0.254. The van der Waals surface area contributed by atoms with Crippen LogP contribution in [0.2, 0.25) is 9.49 Å². The largest absolute Gasteiger partial charge is 0.306 e. The molecule has 3 aromatic heterocycles. The van der Waals surface area contributed by atoms with E-state index in [1.807, 2.05) is 12.1 Å². The second-order valence-corrected chi connectivity index (χ2v) is 6.04. The van der Waals surface area contributed by atoms with Crippen molar-refractivity contribution in [3.05, 3.63) is 50.8 Å². The average molecular weight is 324 g/mol. The molecule has 0 spiro atoms. The molecule has 0 atom stereocenters. The second-order valence-electron chi connectivity index (χ2n) is 3.94. The van der Waals surface area contributed by atoms with Gasteiger partial charge in [0.05, 0.1) is 9.21 Å². The van der Waals surface area contributed by atoms with Crippen molar-refractivity contribution in [2.45, 2.75) is 0 Å². The molecule has 0 aromatic carbocycles. The SMILES string of the molecule is O=C(Nc1ccc2ccc(Cl)nc2n1)c1ccc(Cl)s1. The van der Waals surface area contributed by atoms with E-state index in [1.165, 1.54) is 11.3 Å². The van der Waals surface area contributed by atoms with Crippen LogP contribution < -0.4 is 5.32 Å². The van der Waals surface area contributed by atoms with E-state index in [0.717, 1.165) is 5.39 Å². The molecule has 0 saturated carbocycles. The molecule has 7 heteroatoms. The Kier molecular flexibility index (Phi) is 3.56. The molecule has 3 aromatic rings. The molecule has 0 bridgehead atoms. The smallest absolute Gasteiger partial charge is 0.266 e. The minimum atomic E-state index is -0.254. The van der Waals surface area contributed by atoms with Gasteiger partial charge >= 0.3 is 0 Å². The fourth-order valence-electron chi connectivity index (χ4n) is 1.66. The normalized spacial score (nSPS) is 10.7. The fraction of sp³-hybridized carbons (Fsp3) is 0. The van der Waals surface area contributed by atoms with Gasteiger partial charge in [-0.3, -0.25) is 4.79 Å². The molecule has 0 aliphatic carbocycles. The van der Waals surface area contributed by atoms with E-state index in [4.69, 9.17) is 23.2 Å². The Morgan fingerprint density at radius 1 is 1.05 bits per heavy atom. The molecule has 20 heavy (non-hydrogen) atoms. The predicted octanol–water partition coefficient (Wildman–Crippen LogP) is 4.25. The summed E-state index contributed by atoms with van der Waals surface area (Å²) in [4.78, 5) is 20.9. The van der Waals surface area contributed by atoms with Gasteiger partial charge in [0.25, 0.3) is 5.91 Å². The number of aromatic nitrogens is 2. The highest BCUT2D eigenvalue weighted by molar-refractivity contribution is 7.18. The van der Waals surface area contributed by atoms with Crippen molar-refractivity contribution < 1.29 is 4.79 Å². The third kappa shape index (κ3) is 2.75. The van der Waals surface area contributed by atoms with Crippen LogP contribution in [0.25, 0.3) is 11.0 Å². The van der Waals surface area contributed by atoms with Crippen LogP contribution in [0, 0.1) is 0 Å². The van der Waals surface area contributed by atoms with E-state index in [9.17, 15) is 4.79 Å². The van der Waals surface area contributed by atoms with E-state index in [-0.39, 0.29) is 5.91 Å². The molecule has 0 unspecified atom stereocenters. The zero-order valence-corrected chi connectivity index (χ0v) is 12.3. The number of thiophene rings is 1. The number of halogens is 2. The molecular weight excluding hydrogens is 317 g/mol. The highest BCUT2D eigenvalue weighted by Crippen LogP contribution is 2.22. The van der Waals surface area contributed by atoms with Crippen LogP contribution in [0.4, 0.5) is 5.82 Å². The molecule has 0 aliphatic heterocycles. The van der Waals surface area contributed by atoms with Crippen LogP contribution in [0.15, 0.2) is 36.4 Å². The van der Waals surface area contributed by atoms with Crippen molar-refractivity contribution in [1.29, 1.82) is 0 Å². The molecule has 0 radical (unpaired) electrons. The lowest BCUT2D eigenvalue weighted by Crippen LogP contribution is -2.11. The topological polar surface area (TPSA) is 54.9 Å². The quantitative estimate of drug-likeness (QED) is 0.717. The van der Waals surface area contributed by atoms with Crippen molar-refractivity contribution in [1.82, 2.24) is 9.97 Å². The summed E-state index contributed by atoms with van der Waals surface area (Å²) < 4.78 is 0.565. The van der Waals surface area contributed by atoms with Gasteiger partial charge < -0.3 is 5.32 Å². The number of hydrogen-bond donors (Lipinski definition) is 1. The van der Waals surface area contributed by atoms with Crippen molar-refractivity contribution in [2.24, 2.45) is 0 Å². The van der Waals surface area contributed by atoms with Gasteiger partial charge in [-0.2, -0.15) is 0 Å². The summed E-state index contributed by atoms with van der Waals surface area (Å²) in [6.07, 6.45) is 0. The van der Waals surface area contributed by atoms with E-state index in [1.54, 1.807) is 24.3 Å². The summed E-state index contributed by atoms with van der Waals surface area (Å²) in [6.45, 7) is 0. The zero-order chi connectivity index (χ0) is 14.1. The third-order valence-corrected chi connectivity index (χ3v) is 4.00. The standard InChI is InChI=1S/C13H7Cl2N3OS/c14-9-4-1-7-2-6-11(17-12(7)16-9)18-13(19)8-3-5-10(15)20-8/h1-6H,(H,16,17,18,19). The summed E-state index contributed by atoms with van der Waals surface area (Å²) in [5.41, 5.74) is 0.486. The zero-order valence-electron chi connectivity index (χ0n) is 9.93. The van der Waals surface area contributed by atoms with E-state index in [0.29, 0.717) is 25.8 Å². The number of hydrogen-bond acceptors (Lipinski definition) is 4. The Morgan fingerprint density at radius 3 is 2.60 bits per heavy atom. The summed E-state index contributed by atoms with van der Waals surface area (Å²) in [6, 6.07) is 10.4. The molecule has 100 valence electrons. The molecule has 1 amide bonds. The molecule has 3 rings (SSSR count). The number of carbonyl (C=O) groups is 1. The highest BCUT2D eigenvalue weighted by Gasteiger charge is 2.10. The van der Waals surface area contributed by atoms with E-state index < -0.39 is 0 Å². The van der Waals surface area contributed by atoms with Crippen LogP contribution in [-0.4, -0.2) is 15.9 Å². The maximum atomic E-state index is 12.0. The van der Waals surface area contributed by atoms with Crippen molar-refractivity contribution >= 4 is 57.3 Å². The van der Waals surface area contributed by atoms with Crippen LogP contribution in [0.5, 0.6) is 0 Å². The van der Waals surface area contributed by atoms with E-state index in [2.05, 4.69) is 15.3 Å². The van der Waals surface area contributed by atoms with Crippen molar-refractivity contribution in [3.8, 4) is 0 Å². The summed E-state index contributed by atoms with van der Waals surface area (Å²) >= 11 is 12.8. The Morgan fingerprint density at radius 2 is 1.85 bits per heavy atom. The first kappa shape index (κ1) is 13.3. The molecule has 0 fully saturated rings. The lowest BCUT2D eigenvalue weighted by molar-refractivity contribution is 0.103. The van der Waals surface area contributed by atoms with Gasteiger partial charge in [0.1, 0.15) is 11.0 Å². The second kappa shape index (κ2) is 5.36. The number of fused-ring (bicyclic) bond motifs is 1. The molecule has 4 nitrogen and oxygen atoms in total. The molecule has 0 saturated heterocycles. The van der Waals surface area contributed by atoms with Crippen LogP contribution >= 0.6 is 34.5 Å². The first-order chi connectivity index (χ1) is 9.61. The van der Waals surface area contributed by atoms with Gasteiger partial charge in [-0.25, -0.2) is 9.97 Å². The van der Waals surface area contributed by atoms with Crippen LogP contribution in [-0.2, 0) is 0 Å². The summed E-state index contributed by atoms with van der Waals surface area (Å²) in [5.74, 6) is 0.164. The molecule has 0 aliphatic rings. The average Bonchev–Trinajstić information content (AvgIpc) is 2.85. The minimum Gasteiger partial charge on any atom is -0.306 e. The lowest BCUT2D eigenvalue weighted by Gasteiger charge is -2.04. The number of nitrogens with zero attached hydrogens (tertiary/aromatic N) is 2. The highest BCUT2D eigenvalue weighted by atomic mass is 35.5. The van der Waals surface area contributed by atoms with Gasteiger partial charge in [0.2, 0.25) is 0 Å². The molecular formula is C13H7Cl2N3OS. The number of rotatable bonds is 2. The Labute approximate surface area is 128 Å².